The Balaban J connectivity index is 1.67. The summed E-state index contributed by atoms with van der Waals surface area (Å²) in [5, 5.41) is 0.457. The fourth-order valence-electron chi connectivity index (χ4n) is 7.32. The van der Waals surface area contributed by atoms with Crippen molar-refractivity contribution in [1.82, 2.24) is 14.1 Å². The molecule has 1 aromatic rings. The third-order valence-corrected chi connectivity index (χ3v) is 11.5. The smallest absolute Gasteiger partial charge is 0.243 e. The molecule has 0 spiro atoms. The van der Waals surface area contributed by atoms with Gasteiger partial charge in [-0.15, -0.1) is 0 Å². The Labute approximate surface area is 258 Å². The van der Waals surface area contributed by atoms with Crippen molar-refractivity contribution in [1.29, 1.82) is 0 Å². The first-order valence-electron chi connectivity index (χ1n) is 15.8. The zero-order chi connectivity index (χ0) is 30.7. The van der Waals surface area contributed by atoms with E-state index in [0.29, 0.717) is 23.1 Å². The topological polar surface area (TPSA) is 43.9 Å². The maximum absolute atomic E-state index is 15.0. The van der Waals surface area contributed by atoms with Crippen LogP contribution in [-0.4, -0.2) is 79.0 Å². The van der Waals surface area contributed by atoms with E-state index in [4.69, 9.17) is 11.6 Å². The van der Waals surface area contributed by atoms with E-state index in [9.17, 15) is 12.8 Å². The van der Waals surface area contributed by atoms with Crippen LogP contribution < -0.4 is 0 Å². The zero-order valence-electron chi connectivity index (χ0n) is 26.1. The summed E-state index contributed by atoms with van der Waals surface area (Å²) in [7, 11) is -3.99. The van der Waals surface area contributed by atoms with Crippen molar-refractivity contribution < 1.29 is 17.2 Å². The molecule has 3 fully saturated rings. The first-order chi connectivity index (χ1) is 19.8. The Morgan fingerprint density at radius 1 is 1.12 bits per heavy atom. The second-order valence-electron chi connectivity index (χ2n) is 13.2. The minimum absolute atomic E-state index is 0.163. The van der Waals surface area contributed by atoms with Crippen molar-refractivity contribution in [2.24, 2.45) is 5.41 Å². The number of likely N-dealkylation sites (tertiary alicyclic amines) is 1. The van der Waals surface area contributed by atoms with E-state index in [0.717, 1.165) is 77.7 Å². The van der Waals surface area contributed by atoms with Crippen molar-refractivity contribution in [3.63, 3.8) is 0 Å². The third-order valence-electron chi connectivity index (χ3n) is 9.35. The van der Waals surface area contributed by atoms with Gasteiger partial charge in [0.2, 0.25) is 10.0 Å². The maximum Gasteiger partial charge on any atom is 0.243 e. The van der Waals surface area contributed by atoms with Crippen LogP contribution in [0.3, 0.4) is 0 Å². The van der Waals surface area contributed by atoms with Crippen LogP contribution >= 0.6 is 11.6 Å². The number of sulfonamides is 1. The first-order valence-corrected chi connectivity index (χ1v) is 17.6. The van der Waals surface area contributed by atoms with Crippen LogP contribution in [0.15, 0.2) is 52.7 Å². The lowest BCUT2D eigenvalue weighted by atomic mass is 9.83. The van der Waals surface area contributed by atoms with E-state index < -0.39 is 27.6 Å². The number of benzene rings is 1. The molecule has 42 heavy (non-hydrogen) atoms. The molecule has 9 heteroatoms. The van der Waals surface area contributed by atoms with Gasteiger partial charge in [-0.3, -0.25) is 0 Å². The molecular weight excluding hydrogens is 576 g/mol. The molecule has 0 bridgehead atoms. The monoisotopic (exact) mass is 625 g/mol. The average molecular weight is 626 g/mol. The molecule has 0 aromatic heterocycles. The maximum atomic E-state index is 15.0. The molecule has 0 amide bonds. The number of alkyl halides is 1. The highest BCUT2D eigenvalue weighted by atomic mass is 35.5. The highest BCUT2D eigenvalue weighted by Crippen LogP contribution is 2.56. The molecule has 1 saturated carbocycles. The van der Waals surface area contributed by atoms with Gasteiger partial charge < -0.3 is 9.80 Å². The van der Waals surface area contributed by atoms with Gasteiger partial charge in [0, 0.05) is 23.7 Å². The van der Waals surface area contributed by atoms with Gasteiger partial charge in [-0.1, -0.05) is 25.4 Å². The molecule has 5 nitrogen and oxygen atoms in total. The summed E-state index contributed by atoms with van der Waals surface area (Å²) >= 11 is 6.12. The van der Waals surface area contributed by atoms with E-state index in [1.165, 1.54) is 32.9 Å². The summed E-state index contributed by atoms with van der Waals surface area (Å²) in [4.78, 5) is 5.29. The van der Waals surface area contributed by atoms with Crippen molar-refractivity contribution in [2.45, 2.75) is 115 Å². The van der Waals surface area contributed by atoms with Gasteiger partial charge in [0.05, 0.1) is 16.8 Å². The summed E-state index contributed by atoms with van der Waals surface area (Å²) in [5.41, 5.74) is -1.50. The van der Waals surface area contributed by atoms with Crippen molar-refractivity contribution >= 4 is 21.6 Å². The number of piperidine rings is 2. The minimum atomic E-state index is -3.99. The Hall–Kier alpha value is -1.32. The number of nitrogens with zero attached hydrogens (tertiary/aromatic N) is 3. The summed E-state index contributed by atoms with van der Waals surface area (Å²) in [5.74, 6) is -0.468. The quantitative estimate of drug-likeness (QED) is 0.223. The molecule has 2 heterocycles. The normalized spacial score (nSPS) is 25.3. The van der Waals surface area contributed by atoms with Crippen LogP contribution in [0.25, 0.3) is 0 Å². The number of rotatable bonds is 12. The standard InChI is InChI=1S/C33H50ClF2N3O2S/c1-6-19-38(7-2)28-15-20-37(21-16-28)24-33(17-18-33)31-10-8-9-30(26(22-25(3)35)23-32(4,5)36)39(31)42(40,41)29-13-11-27(34)12-14-29/h11-14,22-23,28,30-31H,6-10,15-21,24H2,1-5H3/b25-22+,26-23+/t30-,31+/m0/s1. The number of hydrogen-bond donors (Lipinski definition) is 0. The van der Waals surface area contributed by atoms with Gasteiger partial charge in [-0.2, -0.15) is 4.31 Å². The lowest BCUT2D eigenvalue weighted by Gasteiger charge is -2.47. The molecule has 1 aliphatic carbocycles. The molecule has 2 saturated heterocycles. The van der Waals surface area contributed by atoms with Gasteiger partial charge in [-0.05, 0) is 146 Å². The molecule has 2 aliphatic heterocycles. The van der Waals surface area contributed by atoms with Crippen LogP contribution in [0.5, 0.6) is 0 Å². The van der Waals surface area contributed by atoms with Crippen molar-refractivity contribution in [3.05, 3.63) is 52.8 Å². The van der Waals surface area contributed by atoms with E-state index in [1.807, 2.05) is 0 Å². The number of allylic oxidation sites excluding steroid dienone is 2. The second kappa shape index (κ2) is 13.8. The molecule has 0 N–H and O–H groups in total. The fourth-order valence-corrected chi connectivity index (χ4v) is 9.40. The molecule has 0 radical (unpaired) electrons. The molecule has 236 valence electrons. The van der Waals surface area contributed by atoms with Gasteiger partial charge in [0.1, 0.15) is 5.67 Å². The van der Waals surface area contributed by atoms with E-state index >= 15 is 4.39 Å². The van der Waals surface area contributed by atoms with E-state index in [2.05, 4.69) is 23.6 Å². The van der Waals surface area contributed by atoms with E-state index in [1.54, 1.807) is 28.6 Å². The zero-order valence-corrected chi connectivity index (χ0v) is 27.7. The molecular formula is C33H50ClF2N3O2S. The van der Waals surface area contributed by atoms with Gasteiger partial charge in [-0.25, -0.2) is 17.2 Å². The number of hydrogen-bond acceptors (Lipinski definition) is 4. The lowest BCUT2D eigenvalue weighted by molar-refractivity contribution is 0.0668. The van der Waals surface area contributed by atoms with Crippen LogP contribution in [0.1, 0.15) is 86.0 Å². The van der Waals surface area contributed by atoms with Crippen LogP contribution in [0.4, 0.5) is 8.78 Å². The van der Waals surface area contributed by atoms with Gasteiger partial charge in [0.25, 0.3) is 0 Å². The molecule has 0 unspecified atom stereocenters. The van der Waals surface area contributed by atoms with Crippen molar-refractivity contribution in [2.75, 3.05) is 32.7 Å². The van der Waals surface area contributed by atoms with Crippen molar-refractivity contribution in [3.8, 4) is 0 Å². The summed E-state index contributed by atoms with van der Waals surface area (Å²) in [6, 6.07) is 5.96. The SMILES string of the molecule is CCCN(CC)C1CCN(CC2([C@H]3CCC[C@@H](C(/C=C(\C)F)=C/C(C)(C)F)N3S(=O)(=O)c3ccc(Cl)cc3)CC2)CC1. The number of halogens is 3. The Kier molecular flexibility index (Phi) is 11.0. The van der Waals surface area contributed by atoms with Gasteiger partial charge in [0.15, 0.2) is 0 Å². The molecule has 2 atom stereocenters. The van der Waals surface area contributed by atoms with Gasteiger partial charge >= 0.3 is 0 Å². The van der Waals surface area contributed by atoms with Crippen LogP contribution in [-0.2, 0) is 10.0 Å². The fraction of sp³-hybridized carbons (Fsp3) is 0.697. The Morgan fingerprint density at radius 3 is 2.29 bits per heavy atom. The summed E-state index contributed by atoms with van der Waals surface area (Å²) in [6.45, 7) is 13.7. The largest absolute Gasteiger partial charge is 0.303 e. The summed E-state index contributed by atoms with van der Waals surface area (Å²) < 4.78 is 60.0. The third kappa shape index (κ3) is 8.03. The molecule has 1 aromatic carbocycles. The highest BCUT2D eigenvalue weighted by Gasteiger charge is 2.57. The summed E-state index contributed by atoms with van der Waals surface area (Å²) in [6.07, 6.45) is 10.1. The average Bonchev–Trinajstić information content (AvgIpc) is 3.71. The van der Waals surface area contributed by atoms with Crippen LogP contribution in [0.2, 0.25) is 5.02 Å². The highest BCUT2D eigenvalue weighted by molar-refractivity contribution is 7.89. The predicted octanol–water partition coefficient (Wildman–Crippen LogP) is 7.78. The molecule has 3 aliphatic rings. The molecule has 4 rings (SSSR count). The second-order valence-corrected chi connectivity index (χ2v) is 15.5. The van der Waals surface area contributed by atoms with Crippen LogP contribution in [0, 0.1) is 5.41 Å². The Morgan fingerprint density at radius 2 is 1.76 bits per heavy atom. The van der Waals surface area contributed by atoms with E-state index in [-0.39, 0.29) is 16.4 Å². The first kappa shape index (κ1) is 33.6. The lowest BCUT2D eigenvalue weighted by Crippen LogP contribution is -2.56. The minimum Gasteiger partial charge on any atom is -0.303 e. The predicted molar refractivity (Wildman–Crippen MR) is 169 cm³/mol. The Bertz CT molecular complexity index is 1210.